The van der Waals surface area contributed by atoms with E-state index >= 15 is 0 Å². The monoisotopic (exact) mass is 438 g/mol. The van der Waals surface area contributed by atoms with Gasteiger partial charge < -0.3 is 20.2 Å². The van der Waals surface area contributed by atoms with Crippen molar-refractivity contribution in [3.63, 3.8) is 0 Å². The quantitative estimate of drug-likeness (QED) is 0.516. The molecule has 7 nitrogen and oxygen atoms in total. The third kappa shape index (κ3) is 7.78. The Labute approximate surface area is 184 Å². The summed E-state index contributed by atoms with van der Waals surface area (Å²) in [5.74, 6) is -1.38. The summed E-state index contributed by atoms with van der Waals surface area (Å²) in [4.78, 5) is 48.6. The van der Waals surface area contributed by atoms with E-state index < -0.39 is 24.6 Å². The summed E-state index contributed by atoms with van der Waals surface area (Å²) >= 11 is 5.88. The molecule has 164 valence electrons. The van der Waals surface area contributed by atoms with Gasteiger partial charge in [-0.2, -0.15) is 0 Å². The Morgan fingerprint density at radius 3 is 2.80 bits per heavy atom. The molecule has 1 aromatic rings. The van der Waals surface area contributed by atoms with Crippen LogP contribution in [0.5, 0.6) is 0 Å². The summed E-state index contributed by atoms with van der Waals surface area (Å²) in [6.45, 7) is 1.85. The molecule has 0 spiro atoms. The molecule has 8 heteroatoms. The van der Waals surface area contributed by atoms with Crippen molar-refractivity contribution in [2.24, 2.45) is 17.8 Å². The predicted molar refractivity (Wildman–Crippen MR) is 113 cm³/mol. The molecular formula is C22H29ClN2O5. The molecule has 30 heavy (non-hydrogen) atoms. The zero-order valence-electron chi connectivity index (χ0n) is 19.2. The number of hydrogen-bond acceptors (Lipinski definition) is 5. The normalized spacial score (nSPS) is 19.3. The number of Topliss-reactive ketones (excluding diaryl/α,β-unsaturated/α-hetero) is 1. The number of carbonyl (C=O) groups excluding carboxylic acids is 4. The highest BCUT2D eigenvalue weighted by Gasteiger charge is 2.30. The molecule has 0 unspecified atom stereocenters. The van der Waals surface area contributed by atoms with Crippen LogP contribution in [0.2, 0.25) is 5.02 Å². The van der Waals surface area contributed by atoms with Gasteiger partial charge in [0.25, 0.3) is 0 Å². The summed E-state index contributed by atoms with van der Waals surface area (Å²) < 4.78 is 21.0. The molecular weight excluding hydrogens is 408 g/mol. The van der Waals surface area contributed by atoms with E-state index in [9.17, 15) is 19.2 Å². The molecule has 1 fully saturated rings. The smallest absolute Gasteiger partial charge is 0.408 e. The molecule has 1 aliphatic heterocycles. The van der Waals surface area contributed by atoms with Crippen LogP contribution in [0, 0.1) is 17.8 Å². The molecule has 0 bridgehead atoms. The maximum absolute atomic E-state index is 12.9. The minimum absolute atomic E-state index is 0.0456. The Bertz CT molecular complexity index is 849. The van der Waals surface area contributed by atoms with Crippen molar-refractivity contribution >= 4 is 35.7 Å². The molecule has 1 heterocycles. The summed E-state index contributed by atoms with van der Waals surface area (Å²) in [6, 6.07) is 4.93. The summed E-state index contributed by atoms with van der Waals surface area (Å²) in [7, 11) is 0. The van der Waals surface area contributed by atoms with Crippen molar-refractivity contribution in [3.05, 3.63) is 34.9 Å². The fourth-order valence-corrected chi connectivity index (χ4v) is 3.58. The van der Waals surface area contributed by atoms with E-state index in [2.05, 4.69) is 10.6 Å². The fraction of sp³-hybridized carbons (Fsp3) is 0.545. The van der Waals surface area contributed by atoms with E-state index in [-0.39, 0.29) is 41.9 Å². The standard InChI is InChI=1S/C22H29ClN2O5/c1-14(2)8-19(25-22(29)30-13-15-4-3-5-18(23)10-15)20(27)11-16(12-26)9-17-6-7-24-21(17)28/h3-5,10,12,14,16-17,19H,6-9,11,13H2,1-2H3,(H,24,28)(H,25,29)/t16-,17+,19+/m1/s1/i13D2. The summed E-state index contributed by atoms with van der Waals surface area (Å²) in [6.07, 6.45) is 0.654. The van der Waals surface area contributed by atoms with Gasteiger partial charge >= 0.3 is 6.09 Å². The third-order valence-electron chi connectivity index (χ3n) is 4.88. The third-order valence-corrected chi connectivity index (χ3v) is 5.12. The minimum Gasteiger partial charge on any atom is -0.445 e. The first-order valence-corrected chi connectivity index (χ1v) is 10.4. The van der Waals surface area contributed by atoms with Crippen LogP contribution in [-0.2, 0) is 25.7 Å². The van der Waals surface area contributed by atoms with E-state index in [0.29, 0.717) is 30.7 Å². The van der Waals surface area contributed by atoms with Crippen LogP contribution in [0.1, 0.15) is 47.8 Å². The van der Waals surface area contributed by atoms with E-state index in [4.69, 9.17) is 19.1 Å². The molecule has 2 amide bonds. The number of hydrogen-bond donors (Lipinski definition) is 2. The molecule has 1 aliphatic rings. The first-order valence-electron chi connectivity index (χ1n) is 11.0. The topological polar surface area (TPSA) is 102 Å². The second-order valence-corrected chi connectivity index (χ2v) is 8.34. The SMILES string of the molecule is [2H]C([2H])(OC(=O)N[C@@H](CC(C)C)C(=O)C[C@H](C=O)C[C@@H]1CCNC1=O)c1cccc(Cl)c1. The Kier molecular flexibility index (Phi) is 8.12. The number of ether oxygens (including phenoxy) is 1. The van der Waals surface area contributed by atoms with Crippen molar-refractivity contribution in [2.45, 2.75) is 52.1 Å². The molecule has 0 aliphatic carbocycles. The van der Waals surface area contributed by atoms with Crippen molar-refractivity contribution in [1.29, 1.82) is 0 Å². The molecule has 1 aromatic carbocycles. The minimum atomic E-state index is -2.46. The molecule has 0 saturated carbocycles. The number of alkyl carbamates (subject to hydrolysis) is 1. The molecule has 0 aromatic heterocycles. The van der Waals surface area contributed by atoms with E-state index in [1.54, 1.807) is 6.07 Å². The van der Waals surface area contributed by atoms with Gasteiger partial charge in [-0.15, -0.1) is 0 Å². The fourth-order valence-electron chi connectivity index (χ4n) is 3.39. The lowest BCUT2D eigenvalue weighted by atomic mass is 9.88. The number of rotatable bonds is 11. The second kappa shape index (κ2) is 11.7. The van der Waals surface area contributed by atoms with Gasteiger partial charge in [-0.1, -0.05) is 37.6 Å². The van der Waals surface area contributed by atoms with Gasteiger partial charge in [0.2, 0.25) is 5.91 Å². The van der Waals surface area contributed by atoms with Crippen LogP contribution in [0.3, 0.4) is 0 Å². The average molecular weight is 439 g/mol. The van der Waals surface area contributed by atoms with Crippen LogP contribution in [0.15, 0.2) is 24.3 Å². The molecule has 2 N–H and O–H groups in total. The van der Waals surface area contributed by atoms with Crippen LogP contribution < -0.4 is 10.6 Å². The molecule has 2 rings (SSSR count). The van der Waals surface area contributed by atoms with Crippen LogP contribution >= 0.6 is 11.6 Å². The number of halogens is 1. The van der Waals surface area contributed by atoms with Gasteiger partial charge in [-0.3, -0.25) is 9.59 Å². The maximum atomic E-state index is 12.9. The van der Waals surface area contributed by atoms with Crippen molar-refractivity contribution < 1.29 is 26.7 Å². The van der Waals surface area contributed by atoms with E-state index in [1.165, 1.54) is 18.2 Å². The Balaban J connectivity index is 2.02. The summed E-state index contributed by atoms with van der Waals surface area (Å²) in [5.41, 5.74) is 0.0581. The van der Waals surface area contributed by atoms with E-state index in [0.717, 1.165) is 0 Å². The lowest BCUT2D eigenvalue weighted by Gasteiger charge is -2.21. The second-order valence-electron chi connectivity index (χ2n) is 7.91. The zero-order chi connectivity index (χ0) is 23.9. The van der Waals surface area contributed by atoms with Gasteiger partial charge in [-0.25, -0.2) is 4.79 Å². The lowest BCUT2D eigenvalue weighted by molar-refractivity contribution is -0.127. The van der Waals surface area contributed by atoms with Crippen LogP contribution in [0.25, 0.3) is 0 Å². The Morgan fingerprint density at radius 2 is 2.20 bits per heavy atom. The van der Waals surface area contributed by atoms with Gasteiger partial charge in [0.15, 0.2) is 5.78 Å². The van der Waals surface area contributed by atoms with Crippen molar-refractivity contribution in [1.82, 2.24) is 10.6 Å². The first kappa shape index (κ1) is 20.8. The highest BCUT2D eigenvalue weighted by Crippen LogP contribution is 2.22. The number of nitrogens with one attached hydrogen (secondary N) is 2. The van der Waals surface area contributed by atoms with Crippen LogP contribution in [0.4, 0.5) is 4.79 Å². The van der Waals surface area contributed by atoms with Gasteiger partial charge in [0.1, 0.15) is 12.8 Å². The average Bonchev–Trinajstić information content (AvgIpc) is 3.10. The highest BCUT2D eigenvalue weighted by atomic mass is 35.5. The Morgan fingerprint density at radius 1 is 1.43 bits per heavy atom. The lowest BCUT2D eigenvalue weighted by Crippen LogP contribution is -2.42. The molecule has 3 atom stereocenters. The number of ketones is 1. The molecule has 1 saturated heterocycles. The number of benzene rings is 1. The summed E-state index contributed by atoms with van der Waals surface area (Å²) in [5, 5.41) is 5.44. The number of amides is 2. The maximum Gasteiger partial charge on any atom is 0.408 e. The highest BCUT2D eigenvalue weighted by molar-refractivity contribution is 6.30. The number of carbonyl (C=O) groups is 4. The van der Waals surface area contributed by atoms with Gasteiger partial charge in [0, 0.05) is 29.8 Å². The van der Waals surface area contributed by atoms with E-state index in [1.807, 2.05) is 13.8 Å². The number of aldehydes is 1. The largest absolute Gasteiger partial charge is 0.445 e. The van der Waals surface area contributed by atoms with Crippen molar-refractivity contribution in [2.75, 3.05) is 6.54 Å². The molecule has 0 radical (unpaired) electrons. The van der Waals surface area contributed by atoms with Crippen LogP contribution in [-0.4, -0.2) is 36.7 Å². The van der Waals surface area contributed by atoms with Crippen molar-refractivity contribution in [3.8, 4) is 0 Å². The first-order chi connectivity index (χ1) is 15.0. The zero-order valence-corrected chi connectivity index (χ0v) is 17.9. The predicted octanol–water partition coefficient (Wildman–Crippen LogP) is 3.28. The van der Waals surface area contributed by atoms with Gasteiger partial charge in [0.05, 0.1) is 8.78 Å². The van der Waals surface area contributed by atoms with Gasteiger partial charge in [-0.05, 0) is 42.9 Å². The Hall–Kier alpha value is -2.41.